The van der Waals surface area contributed by atoms with Gasteiger partial charge in [-0.25, -0.2) is 0 Å². The van der Waals surface area contributed by atoms with Gasteiger partial charge in [-0.1, -0.05) is 22.9 Å². The van der Waals surface area contributed by atoms with Gasteiger partial charge >= 0.3 is 0 Å². The third-order valence-electron chi connectivity index (χ3n) is 4.74. The molecule has 4 heteroatoms. The summed E-state index contributed by atoms with van der Waals surface area (Å²) in [5.41, 5.74) is 1.89. The van der Waals surface area contributed by atoms with Crippen LogP contribution in [0.5, 0.6) is 0 Å². The molecule has 0 spiro atoms. The van der Waals surface area contributed by atoms with Crippen molar-refractivity contribution in [2.75, 3.05) is 11.4 Å². The van der Waals surface area contributed by atoms with E-state index in [1.165, 1.54) is 25.7 Å². The Hall–Kier alpha value is -1.05. The minimum atomic E-state index is 0.560. The largest absolute Gasteiger partial charge is 0.367 e. The molecule has 2 saturated heterocycles. The van der Waals surface area contributed by atoms with E-state index in [9.17, 15) is 5.26 Å². The second-order valence-electron chi connectivity index (χ2n) is 6.23. The molecule has 3 rings (SSSR count). The predicted molar refractivity (Wildman–Crippen MR) is 89.5 cm³/mol. The van der Waals surface area contributed by atoms with E-state index in [4.69, 9.17) is 0 Å². The van der Waals surface area contributed by atoms with Gasteiger partial charge in [0.25, 0.3) is 0 Å². The molecule has 2 heterocycles. The molecule has 0 saturated carbocycles. The highest BCUT2D eigenvalue weighted by Crippen LogP contribution is 2.34. The summed E-state index contributed by atoms with van der Waals surface area (Å²) in [7, 11) is 0. The van der Waals surface area contributed by atoms with Crippen LogP contribution in [-0.4, -0.2) is 24.7 Å². The summed E-state index contributed by atoms with van der Waals surface area (Å²) in [4.78, 5) is 2.48. The molecule has 2 aliphatic heterocycles. The fraction of sp³-hybridized carbons (Fsp3) is 0.588. The maximum atomic E-state index is 9.44. The third kappa shape index (κ3) is 3.09. The molecule has 0 amide bonds. The Bertz CT molecular complexity index is 539. The number of hydrogen-bond acceptors (Lipinski definition) is 3. The standard InChI is InChI=1S/C17H22BrN3/c1-2-7-21(16-9-14-5-6-15(10-16)20-14)17-8-13(18)4-3-12(17)11-19/h3-4,8,14-16,20H,2,5-7,9-10H2,1H3. The van der Waals surface area contributed by atoms with E-state index < -0.39 is 0 Å². The summed E-state index contributed by atoms with van der Waals surface area (Å²) in [5.74, 6) is 0. The van der Waals surface area contributed by atoms with Crippen LogP contribution in [0.1, 0.15) is 44.6 Å². The molecule has 1 N–H and O–H groups in total. The first-order valence-electron chi connectivity index (χ1n) is 7.93. The number of nitriles is 1. The zero-order valence-electron chi connectivity index (χ0n) is 12.5. The van der Waals surface area contributed by atoms with Crippen molar-refractivity contribution in [3.63, 3.8) is 0 Å². The molecule has 3 nitrogen and oxygen atoms in total. The maximum Gasteiger partial charge on any atom is 0.101 e. The topological polar surface area (TPSA) is 39.1 Å². The molecule has 0 radical (unpaired) electrons. The van der Waals surface area contributed by atoms with E-state index in [0.29, 0.717) is 18.1 Å². The van der Waals surface area contributed by atoms with Gasteiger partial charge in [0.1, 0.15) is 6.07 Å². The van der Waals surface area contributed by atoms with Crippen LogP contribution in [0.3, 0.4) is 0 Å². The van der Waals surface area contributed by atoms with E-state index in [-0.39, 0.29) is 0 Å². The Balaban J connectivity index is 1.91. The molecule has 2 bridgehead atoms. The van der Waals surface area contributed by atoms with Crippen LogP contribution in [-0.2, 0) is 0 Å². The first-order chi connectivity index (χ1) is 10.2. The van der Waals surface area contributed by atoms with E-state index in [1.54, 1.807) is 0 Å². The fourth-order valence-corrected chi connectivity index (χ4v) is 4.21. The predicted octanol–water partition coefficient (Wildman–Crippen LogP) is 3.82. The Morgan fingerprint density at radius 3 is 2.67 bits per heavy atom. The average molecular weight is 348 g/mol. The molecule has 1 aromatic rings. The summed E-state index contributed by atoms with van der Waals surface area (Å²) in [6.45, 7) is 3.24. The van der Waals surface area contributed by atoms with Crippen molar-refractivity contribution in [1.29, 1.82) is 5.26 Å². The van der Waals surface area contributed by atoms with E-state index in [1.807, 2.05) is 12.1 Å². The normalized spacial score (nSPS) is 27.4. The highest BCUT2D eigenvalue weighted by Gasteiger charge is 2.36. The van der Waals surface area contributed by atoms with Crippen LogP contribution in [0.25, 0.3) is 0 Å². The minimum absolute atomic E-state index is 0.560. The van der Waals surface area contributed by atoms with Crippen LogP contribution in [0.4, 0.5) is 5.69 Å². The number of fused-ring (bicyclic) bond motifs is 2. The van der Waals surface area contributed by atoms with Gasteiger partial charge in [-0.05, 0) is 50.3 Å². The Morgan fingerprint density at radius 2 is 2.05 bits per heavy atom. The Kier molecular flexibility index (Phi) is 4.51. The van der Waals surface area contributed by atoms with Crippen molar-refractivity contribution in [2.45, 2.75) is 57.2 Å². The molecular weight excluding hydrogens is 326 g/mol. The summed E-state index contributed by atoms with van der Waals surface area (Å²) >= 11 is 3.56. The molecule has 21 heavy (non-hydrogen) atoms. The summed E-state index contributed by atoms with van der Waals surface area (Å²) in [6, 6.07) is 10.3. The van der Waals surface area contributed by atoms with E-state index in [2.05, 4.69) is 45.2 Å². The Morgan fingerprint density at radius 1 is 1.33 bits per heavy atom. The lowest BCUT2D eigenvalue weighted by Gasteiger charge is -2.39. The fourth-order valence-electron chi connectivity index (χ4n) is 3.86. The first-order valence-corrected chi connectivity index (χ1v) is 8.73. The number of benzene rings is 1. The average Bonchev–Trinajstić information content (AvgIpc) is 2.83. The SMILES string of the molecule is CCCN(c1cc(Br)ccc1C#N)C1CC2CCC(C1)N2. The van der Waals surface area contributed by atoms with Crippen LogP contribution < -0.4 is 10.2 Å². The van der Waals surface area contributed by atoms with Crippen molar-refractivity contribution < 1.29 is 0 Å². The van der Waals surface area contributed by atoms with Gasteiger partial charge in [0, 0.05) is 29.1 Å². The van der Waals surface area contributed by atoms with Gasteiger partial charge in [-0.2, -0.15) is 5.26 Å². The van der Waals surface area contributed by atoms with Gasteiger partial charge in [0.05, 0.1) is 11.3 Å². The molecule has 1 aromatic carbocycles. The van der Waals surface area contributed by atoms with Crippen LogP contribution in [0, 0.1) is 11.3 Å². The molecule has 2 atom stereocenters. The van der Waals surface area contributed by atoms with Crippen molar-refractivity contribution in [2.24, 2.45) is 0 Å². The minimum Gasteiger partial charge on any atom is -0.367 e. The molecule has 0 aliphatic carbocycles. The quantitative estimate of drug-likeness (QED) is 0.899. The second kappa shape index (κ2) is 6.37. The molecule has 2 unspecified atom stereocenters. The summed E-state index contributed by atoms with van der Waals surface area (Å²) in [5, 5.41) is 13.1. The molecule has 112 valence electrons. The van der Waals surface area contributed by atoms with Crippen LogP contribution in [0.15, 0.2) is 22.7 Å². The van der Waals surface area contributed by atoms with Gasteiger partial charge in [0.15, 0.2) is 0 Å². The summed E-state index contributed by atoms with van der Waals surface area (Å²) < 4.78 is 1.05. The van der Waals surface area contributed by atoms with Gasteiger partial charge < -0.3 is 10.2 Å². The highest BCUT2D eigenvalue weighted by molar-refractivity contribution is 9.10. The number of rotatable bonds is 4. The van der Waals surface area contributed by atoms with Gasteiger partial charge in [-0.3, -0.25) is 0 Å². The molecule has 2 fully saturated rings. The lowest BCUT2D eigenvalue weighted by molar-refractivity contribution is 0.346. The highest BCUT2D eigenvalue weighted by atomic mass is 79.9. The molecular formula is C17H22BrN3. The van der Waals surface area contributed by atoms with Gasteiger partial charge in [0.2, 0.25) is 0 Å². The lowest BCUT2D eigenvalue weighted by atomic mass is 9.96. The second-order valence-corrected chi connectivity index (χ2v) is 7.15. The summed E-state index contributed by atoms with van der Waals surface area (Å²) in [6.07, 6.45) is 6.13. The van der Waals surface area contributed by atoms with E-state index >= 15 is 0 Å². The number of hydrogen-bond donors (Lipinski definition) is 1. The number of anilines is 1. The first kappa shape index (κ1) is 14.9. The van der Waals surface area contributed by atoms with Crippen molar-refractivity contribution in [3.05, 3.63) is 28.2 Å². The van der Waals surface area contributed by atoms with Gasteiger partial charge in [-0.15, -0.1) is 0 Å². The van der Waals surface area contributed by atoms with Crippen LogP contribution >= 0.6 is 15.9 Å². The number of nitrogens with one attached hydrogen (secondary N) is 1. The van der Waals surface area contributed by atoms with E-state index in [0.717, 1.165) is 28.7 Å². The van der Waals surface area contributed by atoms with Crippen LogP contribution in [0.2, 0.25) is 0 Å². The Labute approximate surface area is 135 Å². The van der Waals surface area contributed by atoms with Crippen molar-refractivity contribution in [1.82, 2.24) is 5.32 Å². The maximum absolute atomic E-state index is 9.44. The number of nitrogens with zero attached hydrogens (tertiary/aromatic N) is 2. The zero-order valence-corrected chi connectivity index (χ0v) is 14.1. The smallest absolute Gasteiger partial charge is 0.101 e. The molecule has 2 aliphatic rings. The van der Waals surface area contributed by atoms with Crippen molar-refractivity contribution >= 4 is 21.6 Å². The lowest BCUT2D eigenvalue weighted by Crippen LogP contribution is -2.48. The number of halogens is 1. The molecule has 0 aromatic heterocycles. The number of piperidine rings is 1. The zero-order chi connectivity index (χ0) is 14.8. The van der Waals surface area contributed by atoms with Crippen molar-refractivity contribution in [3.8, 4) is 6.07 Å². The monoisotopic (exact) mass is 347 g/mol. The third-order valence-corrected chi connectivity index (χ3v) is 5.24.